The fourth-order valence-electron chi connectivity index (χ4n) is 2.54. The Bertz CT molecular complexity index is 651. The molecule has 7 nitrogen and oxygen atoms in total. The molecule has 1 unspecified atom stereocenters. The largest absolute Gasteiger partial charge is 0.496 e. The maximum atomic E-state index is 12.2. The van der Waals surface area contributed by atoms with Crippen molar-refractivity contribution in [3.8, 4) is 5.75 Å². The molecule has 0 spiro atoms. The fraction of sp³-hybridized carbons (Fsp3) is 0.619. The molecule has 0 bridgehead atoms. The molecule has 1 aromatic rings. The van der Waals surface area contributed by atoms with Crippen molar-refractivity contribution in [3.05, 3.63) is 29.3 Å². The zero-order chi connectivity index (χ0) is 21.3. The minimum Gasteiger partial charge on any atom is -0.496 e. The Balaban J connectivity index is 2.91. The summed E-state index contributed by atoms with van der Waals surface area (Å²) in [5, 5.41) is 2.72. The number of carbonyl (C=O) groups is 2. The topological polar surface area (TPSA) is 83.1 Å². The number of benzene rings is 1. The van der Waals surface area contributed by atoms with Crippen LogP contribution < -0.4 is 10.1 Å². The molecule has 1 amide bonds. The van der Waals surface area contributed by atoms with Gasteiger partial charge in [0.1, 0.15) is 11.4 Å². The maximum Gasteiger partial charge on any atom is 0.407 e. The highest BCUT2D eigenvalue weighted by Crippen LogP contribution is 2.22. The van der Waals surface area contributed by atoms with E-state index < -0.39 is 17.8 Å². The lowest BCUT2D eigenvalue weighted by atomic mass is 10.0. The van der Waals surface area contributed by atoms with Gasteiger partial charge in [0.05, 0.1) is 19.8 Å². The van der Waals surface area contributed by atoms with Gasteiger partial charge >= 0.3 is 12.1 Å². The Labute approximate surface area is 167 Å². The van der Waals surface area contributed by atoms with E-state index in [1.54, 1.807) is 40.9 Å². The molecule has 0 radical (unpaired) electrons. The van der Waals surface area contributed by atoms with E-state index in [-0.39, 0.29) is 18.6 Å². The predicted octanol–water partition coefficient (Wildman–Crippen LogP) is 3.62. The van der Waals surface area contributed by atoms with Crippen LogP contribution in [0.25, 0.3) is 0 Å². The molecule has 1 N–H and O–H groups in total. The van der Waals surface area contributed by atoms with E-state index in [2.05, 4.69) is 5.32 Å². The zero-order valence-corrected chi connectivity index (χ0v) is 18.0. The third kappa shape index (κ3) is 8.61. The van der Waals surface area contributed by atoms with E-state index in [0.29, 0.717) is 18.8 Å². The lowest BCUT2D eigenvalue weighted by molar-refractivity contribution is -0.159. The highest BCUT2D eigenvalue weighted by molar-refractivity contribution is 5.75. The van der Waals surface area contributed by atoms with Crippen molar-refractivity contribution in [2.75, 3.05) is 13.7 Å². The van der Waals surface area contributed by atoms with Gasteiger partial charge in [-0.15, -0.1) is 0 Å². The summed E-state index contributed by atoms with van der Waals surface area (Å²) in [4.78, 5) is 24.1. The molecular weight excluding hydrogens is 362 g/mol. The molecular formula is C21H33NO6. The summed E-state index contributed by atoms with van der Waals surface area (Å²) < 4.78 is 21.5. The van der Waals surface area contributed by atoms with E-state index in [0.717, 1.165) is 11.1 Å². The van der Waals surface area contributed by atoms with Crippen LogP contribution in [0.3, 0.4) is 0 Å². The number of amides is 1. The maximum absolute atomic E-state index is 12.2. The summed E-state index contributed by atoms with van der Waals surface area (Å²) in [5.41, 5.74) is 1.08. The molecule has 0 aromatic heterocycles. The van der Waals surface area contributed by atoms with Crippen molar-refractivity contribution < 1.29 is 28.5 Å². The average molecular weight is 395 g/mol. The molecule has 0 heterocycles. The second kappa shape index (κ2) is 10.9. The van der Waals surface area contributed by atoms with Gasteiger partial charge in [0.15, 0.2) is 6.10 Å². The van der Waals surface area contributed by atoms with Crippen molar-refractivity contribution in [3.63, 3.8) is 0 Å². The highest BCUT2D eigenvalue weighted by atomic mass is 16.6. The highest BCUT2D eigenvalue weighted by Gasteiger charge is 2.23. The quantitative estimate of drug-likeness (QED) is 0.643. The summed E-state index contributed by atoms with van der Waals surface area (Å²) in [6.45, 7) is 11.4. The Hall–Kier alpha value is -2.28. The lowest BCUT2D eigenvalue weighted by Gasteiger charge is -2.21. The molecule has 0 aliphatic heterocycles. The second-order valence-electron chi connectivity index (χ2n) is 7.63. The van der Waals surface area contributed by atoms with Gasteiger partial charge in [-0.25, -0.2) is 9.59 Å². The van der Waals surface area contributed by atoms with Crippen LogP contribution in [-0.4, -0.2) is 43.6 Å². The van der Waals surface area contributed by atoms with Gasteiger partial charge in [0.25, 0.3) is 0 Å². The molecule has 1 rings (SSSR count). The van der Waals surface area contributed by atoms with E-state index >= 15 is 0 Å². The first-order valence-corrected chi connectivity index (χ1v) is 9.50. The molecule has 7 heteroatoms. The van der Waals surface area contributed by atoms with E-state index in [4.69, 9.17) is 18.9 Å². The van der Waals surface area contributed by atoms with E-state index in [9.17, 15) is 9.59 Å². The first-order chi connectivity index (χ1) is 13.1. The SMILES string of the molecule is CCOC(=O)C(Cc1ccc(OC)c(CNC(=O)OC(C)(C)C)c1)OC(C)C. The number of rotatable bonds is 9. The first-order valence-electron chi connectivity index (χ1n) is 9.50. The van der Waals surface area contributed by atoms with Crippen molar-refractivity contribution >= 4 is 12.1 Å². The molecule has 0 saturated carbocycles. The fourth-order valence-corrected chi connectivity index (χ4v) is 2.54. The van der Waals surface area contributed by atoms with Crippen molar-refractivity contribution in [1.82, 2.24) is 5.32 Å². The monoisotopic (exact) mass is 395 g/mol. The summed E-state index contributed by atoms with van der Waals surface area (Å²) in [6.07, 6.45) is -0.950. The van der Waals surface area contributed by atoms with Crippen LogP contribution in [0.2, 0.25) is 0 Å². The van der Waals surface area contributed by atoms with Gasteiger partial charge in [0.2, 0.25) is 0 Å². The Kier molecular flexibility index (Phi) is 9.25. The molecule has 158 valence electrons. The van der Waals surface area contributed by atoms with Crippen LogP contribution in [0, 0.1) is 0 Å². The zero-order valence-electron chi connectivity index (χ0n) is 18.0. The van der Waals surface area contributed by atoms with Gasteiger partial charge in [0, 0.05) is 18.5 Å². The molecule has 1 aromatic carbocycles. The van der Waals surface area contributed by atoms with Crippen molar-refractivity contribution in [2.24, 2.45) is 0 Å². The number of carbonyl (C=O) groups excluding carboxylic acids is 2. The lowest BCUT2D eigenvalue weighted by Crippen LogP contribution is -2.32. The summed E-state index contributed by atoms with van der Waals surface area (Å²) in [7, 11) is 1.56. The van der Waals surface area contributed by atoms with Gasteiger partial charge in [-0.3, -0.25) is 0 Å². The van der Waals surface area contributed by atoms with Crippen LogP contribution in [-0.2, 0) is 32.0 Å². The van der Waals surface area contributed by atoms with Crippen LogP contribution >= 0.6 is 0 Å². The van der Waals surface area contributed by atoms with Gasteiger partial charge in [-0.05, 0) is 53.2 Å². The summed E-state index contributed by atoms with van der Waals surface area (Å²) in [5.74, 6) is 0.248. The number of nitrogens with one attached hydrogen (secondary N) is 1. The van der Waals surface area contributed by atoms with Gasteiger partial charge in [-0.2, -0.15) is 0 Å². The molecule has 0 saturated heterocycles. The predicted molar refractivity (Wildman–Crippen MR) is 106 cm³/mol. The van der Waals surface area contributed by atoms with Crippen LogP contribution in [0.15, 0.2) is 18.2 Å². The smallest absolute Gasteiger partial charge is 0.407 e. The number of hydrogen-bond donors (Lipinski definition) is 1. The number of ether oxygens (including phenoxy) is 4. The standard InChI is InChI=1S/C21H33NO6/c1-8-26-19(23)18(27-14(2)3)12-15-9-10-17(25-7)16(11-15)13-22-20(24)28-21(4,5)6/h9-11,14,18H,8,12-13H2,1-7H3,(H,22,24). The second-order valence-corrected chi connectivity index (χ2v) is 7.63. The molecule has 1 atom stereocenters. The Morgan fingerprint density at radius 2 is 1.86 bits per heavy atom. The molecule has 0 fully saturated rings. The summed E-state index contributed by atoms with van der Waals surface area (Å²) >= 11 is 0. The number of hydrogen-bond acceptors (Lipinski definition) is 6. The van der Waals surface area contributed by atoms with Crippen LogP contribution in [0.5, 0.6) is 5.75 Å². The van der Waals surface area contributed by atoms with Crippen LogP contribution in [0.4, 0.5) is 4.79 Å². The third-order valence-corrected chi connectivity index (χ3v) is 3.57. The summed E-state index contributed by atoms with van der Waals surface area (Å²) in [6, 6.07) is 5.55. The van der Waals surface area contributed by atoms with E-state index in [1.165, 1.54) is 0 Å². The Morgan fingerprint density at radius 1 is 1.18 bits per heavy atom. The average Bonchev–Trinajstić information content (AvgIpc) is 2.58. The molecule has 0 aliphatic rings. The molecule has 0 aliphatic carbocycles. The van der Waals surface area contributed by atoms with Crippen molar-refractivity contribution in [1.29, 1.82) is 0 Å². The first kappa shape index (κ1) is 23.8. The van der Waals surface area contributed by atoms with Gasteiger partial charge in [-0.1, -0.05) is 12.1 Å². The van der Waals surface area contributed by atoms with E-state index in [1.807, 2.05) is 26.0 Å². The number of alkyl carbamates (subject to hydrolysis) is 1. The minimum absolute atomic E-state index is 0.110. The Morgan fingerprint density at radius 3 is 2.39 bits per heavy atom. The molecule has 28 heavy (non-hydrogen) atoms. The normalized spacial score (nSPS) is 12.4. The number of methoxy groups -OCH3 is 1. The minimum atomic E-state index is -0.694. The van der Waals surface area contributed by atoms with Crippen molar-refractivity contribution in [2.45, 2.75) is 72.3 Å². The van der Waals surface area contributed by atoms with Crippen LogP contribution in [0.1, 0.15) is 52.7 Å². The van der Waals surface area contributed by atoms with Gasteiger partial charge < -0.3 is 24.3 Å². The number of esters is 1. The third-order valence-electron chi connectivity index (χ3n) is 3.57.